The summed E-state index contributed by atoms with van der Waals surface area (Å²) in [5.41, 5.74) is 3.01. The molecule has 6 heteroatoms. The van der Waals surface area contributed by atoms with Crippen LogP contribution in [0.5, 0.6) is 0 Å². The summed E-state index contributed by atoms with van der Waals surface area (Å²) in [5.74, 6) is 1.48. The zero-order valence-electron chi connectivity index (χ0n) is 15.3. The minimum atomic E-state index is -0.370. The maximum Gasteiger partial charge on any atom is 0.269 e. The monoisotopic (exact) mass is 369 g/mol. The first-order chi connectivity index (χ1) is 12.5. The number of amidine groups is 1. The van der Waals surface area contributed by atoms with E-state index in [-0.39, 0.29) is 10.6 Å². The van der Waals surface area contributed by atoms with Crippen molar-refractivity contribution in [3.63, 3.8) is 0 Å². The van der Waals surface area contributed by atoms with Gasteiger partial charge in [0.2, 0.25) is 0 Å². The van der Waals surface area contributed by atoms with Crippen LogP contribution in [0.3, 0.4) is 0 Å². The van der Waals surface area contributed by atoms with E-state index in [1.165, 1.54) is 11.6 Å². The van der Waals surface area contributed by atoms with E-state index in [1.807, 2.05) is 13.0 Å². The third-order valence-corrected chi connectivity index (χ3v) is 5.41. The third-order valence-electron chi connectivity index (χ3n) is 4.35. The van der Waals surface area contributed by atoms with Gasteiger partial charge in [0.1, 0.15) is 0 Å². The molecule has 2 aromatic carbocycles. The second-order valence-corrected chi connectivity index (χ2v) is 7.89. The Morgan fingerprint density at radius 2 is 2.00 bits per heavy atom. The molecule has 0 aliphatic carbocycles. The van der Waals surface area contributed by atoms with Crippen molar-refractivity contribution in [3.05, 3.63) is 69.8 Å². The van der Waals surface area contributed by atoms with Crippen LogP contribution in [-0.2, 0) is 0 Å². The van der Waals surface area contributed by atoms with Gasteiger partial charge in [-0.1, -0.05) is 55.9 Å². The lowest BCUT2D eigenvalue weighted by Crippen LogP contribution is -2.31. The fraction of sp³-hybridized carbons (Fsp3) is 0.350. The molecule has 0 N–H and O–H groups in total. The SMILES string of the molecule is Cc1cc([N+](=O)[O-])ccc1N=C1SC[C@H](c2ccccc2)N1CC(C)C. The van der Waals surface area contributed by atoms with Gasteiger partial charge in [-0.15, -0.1) is 0 Å². The Labute approximate surface area is 158 Å². The summed E-state index contributed by atoms with van der Waals surface area (Å²) < 4.78 is 0. The quantitative estimate of drug-likeness (QED) is 0.527. The Bertz CT molecular complexity index is 821. The number of nitrogens with zero attached hydrogens (tertiary/aromatic N) is 3. The number of non-ortho nitro benzene ring substituents is 1. The van der Waals surface area contributed by atoms with Crippen LogP contribution in [0.4, 0.5) is 11.4 Å². The average molecular weight is 369 g/mol. The standard InChI is InChI=1S/C20H23N3O2S/c1-14(2)12-22-19(16-7-5-4-6-8-16)13-26-20(22)21-18-10-9-17(23(24)25)11-15(18)3/h4-11,14,19H,12-13H2,1-3H3/t19-/m1/s1. The highest BCUT2D eigenvalue weighted by atomic mass is 32.2. The van der Waals surface area contributed by atoms with Crippen LogP contribution in [0, 0.1) is 23.0 Å². The van der Waals surface area contributed by atoms with Crippen LogP contribution >= 0.6 is 11.8 Å². The van der Waals surface area contributed by atoms with Gasteiger partial charge < -0.3 is 4.90 Å². The molecule has 0 amide bonds. The molecule has 1 aliphatic rings. The summed E-state index contributed by atoms with van der Waals surface area (Å²) in [5, 5.41) is 11.9. The van der Waals surface area contributed by atoms with Gasteiger partial charge in [0.15, 0.2) is 5.17 Å². The Balaban J connectivity index is 1.93. The summed E-state index contributed by atoms with van der Waals surface area (Å²) in [6.07, 6.45) is 0. The first-order valence-corrected chi connectivity index (χ1v) is 9.72. The summed E-state index contributed by atoms with van der Waals surface area (Å²) in [7, 11) is 0. The van der Waals surface area contributed by atoms with E-state index in [0.29, 0.717) is 12.0 Å². The predicted molar refractivity (Wildman–Crippen MR) is 108 cm³/mol. The number of nitro groups is 1. The largest absolute Gasteiger partial charge is 0.343 e. The lowest BCUT2D eigenvalue weighted by molar-refractivity contribution is -0.384. The van der Waals surface area contributed by atoms with E-state index in [4.69, 9.17) is 4.99 Å². The minimum absolute atomic E-state index is 0.103. The highest BCUT2D eigenvalue weighted by Crippen LogP contribution is 2.37. The molecule has 0 spiro atoms. The van der Waals surface area contributed by atoms with E-state index < -0.39 is 0 Å². The molecule has 0 radical (unpaired) electrons. The lowest BCUT2D eigenvalue weighted by atomic mass is 10.1. The first-order valence-electron chi connectivity index (χ1n) is 8.74. The molecule has 1 saturated heterocycles. The zero-order valence-corrected chi connectivity index (χ0v) is 16.1. The molecule has 1 fully saturated rings. The molecule has 5 nitrogen and oxygen atoms in total. The molecule has 0 bridgehead atoms. The normalized spacial score (nSPS) is 18.7. The molecule has 3 rings (SSSR count). The van der Waals surface area contributed by atoms with Crippen LogP contribution in [0.1, 0.15) is 31.0 Å². The van der Waals surface area contributed by atoms with Crippen LogP contribution < -0.4 is 0 Å². The molecule has 2 aromatic rings. The molecule has 136 valence electrons. The Morgan fingerprint density at radius 1 is 1.27 bits per heavy atom. The molecule has 1 atom stereocenters. The van der Waals surface area contributed by atoms with Crippen LogP contribution in [0.25, 0.3) is 0 Å². The number of hydrogen-bond donors (Lipinski definition) is 0. The number of hydrogen-bond acceptors (Lipinski definition) is 4. The zero-order chi connectivity index (χ0) is 18.7. The Hall–Kier alpha value is -2.34. The molecule has 1 aliphatic heterocycles. The van der Waals surface area contributed by atoms with E-state index in [2.05, 4.69) is 43.0 Å². The van der Waals surface area contributed by atoms with Crippen molar-refractivity contribution in [2.24, 2.45) is 10.9 Å². The number of aliphatic imine (C=N–C) groups is 1. The number of thioether (sulfide) groups is 1. The van der Waals surface area contributed by atoms with Crippen molar-refractivity contribution in [3.8, 4) is 0 Å². The molecule has 0 aromatic heterocycles. The third kappa shape index (κ3) is 4.07. The summed E-state index contributed by atoms with van der Waals surface area (Å²) >= 11 is 1.75. The maximum atomic E-state index is 10.9. The van der Waals surface area contributed by atoms with Gasteiger partial charge >= 0.3 is 0 Å². The van der Waals surface area contributed by atoms with E-state index in [1.54, 1.807) is 23.9 Å². The van der Waals surface area contributed by atoms with Crippen molar-refractivity contribution in [1.82, 2.24) is 4.90 Å². The average Bonchev–Trinajstić information content (AvgIpc) is 2.99. The Kier molecular flexibility index (Phi) is 5.61. The molecular weight excluding hydrogens is 346 g/mol. The van der Waals surface area contributed by atoms with Crippen LogP contribution in [-0.4, -0.2) is 27.3 Å². The molecular formula is C20H23N3O2S. The fourth-order valence-corrected chi connectivity index (χ4v) is 4.30. The number of benzene rings is 2. The van der Waals surface area contributed by atoms with E-state index in [9.17, 15) is 10.1 Å². The second kappa shape index (κ2) is 7.91. The molecule has 26 heavy (non-hydrogen) atoms. The number of rotatable bonds is 5. The van der Waals surface area contributed by atoms with Gasteiger partial charge in [0.05, 0.1) is 16.7 Å². The van der Waals surface area contributed by atoms with E-state index in [0.717, 1.165) is 28.7 Å². The van der Waals surface area contributed by atoms with Gasteiger partial charge in [-0.2, -0.15) is 0 Å². The Morgan fingerprint density at radius 3 is 2.62 bits per heavy atom. The minimum Gasteiger partial charge on any atom is -0.343 e. The van der Waals surface area contributed by atoms with Crippen molar-refractivity contribution >= 4 is 28.3 Å². The highest BCUT2D eigenvalue weighted by molar-refractivity contribution is 8.14. The maximum absolute atomic E-state index is 10.9. The lowest BCUT2D eigenvalue weighted by Gasteiger charge is -2.28. The first kappa shape index (κ1) is 18.5. The fourth-order valence-electron chi connectivity index (χ4n) is 3.09. The topological polar surface area (TPSA) is 58.7 Å². The van der Waals surface area contributed by atoms with Crippen molar-refractivity contribution in [1.29, 1.82) is 0 Å². The van der Waals surface area contributed by atoms with Gasteiger partial charge in [-0.05, 0) is 30.0 Å². The summed E-state index contributed by atoms with van der Waals surface area (Å²) in [6, 6.07) is 15.7. The highest BCUT2D eigenvalue weighted by Gasteiger charge is 2.31. The summed E-state index contributed by atoms with van der Waals surface area (Å²) in [4.78, 5) is 17.8. The molecule has 0 unspecified atom stereocenters. The van der Waals surface area contributed by atoms with Crippen LogP contribution in [0.15, 0.2) is 53.5 Å². The number of nitro benzene ring substituents is 1. The van der Waals surface area contributed by atoms with Gasteiger partial charge in [-0.25, -0.2) is 4.99 Å². The summed E-state index contributed by atoms with van der Waals surface area (Å²) in [6.45, 7) is 7.21. The van der Waals surface area contributed by atoms with Gasteiger partial charge in [0.25, 0.3) is 5.69 Å². The molecule has 1 heterocycles. The van der Waals surface area contributed by atoms with Crippen molar-refractivity contribution < 1.29 is 4.92 Å². The van der Waals surface area contributed by atoms with E-state index >= 15 is 0 Å². The van der Waals surface area contributed by atoms with Crippen molar-refractivity contribution in [2.75, 3.05) is 12.3 Å². The van der Waals surface area contributed by atoms with Gasteiger partial charge in [0, 0.05) is 24.4 Å². The molecule has 0 saturated carbocycles. The van der Waals surface area contributed by atoms with Gasteiger partial charge in [-0.3, -0.25) is 10.1 Å². The van der Waals surface area contributed by atoms with Crippen molar-refractivity contribution in [2.45, 2.75) is 26.8 Å². The van der Waals surface area contributed by atoms with Crippen LogP contribution in [0.2, 0.25) is 0 Å². The second-order valence-electron chi connectivity index (χ2n) is 6.91. The predicted octanol–water partition coefficient (Wildman–Crippen LogP) is 5.34. The number of aryl methyl sites for hydroxylation is 1. The smallest absolute Gasteiger partial charge is 0.269 e.